The second-order valence-electron chi connectivity index (χ2n) is 5.36. The Labute approximate surface area is 116 Å². The summed E-state index contributed by atoms with van der Waals surface area (Å²) >= 11 is 0. The molecule has 1 aliphatic carbocycles. The lowest BCUT2D eigenvalue weighted by Gasteiger charge is -2.05. The van der Waals surface area contributed by atoms with Crippen LogP contribution in [0.2, 0.25) is 0 Å². The van der Waals surface area contributed by atoms with Gasteiger partial charge in [-0.1, -0.05) is 0 Å². The van der Waals surface area contributed by atoms with Gasteiger partial charge in [0.25, 0.3) is 0 Å². The van der Waals surface area contributed by atoms with Crippen molar-refractivity contribution < 1.29 is 4.74 Å². The monoisotopic (exact) mass is 262 g/mol. The molecule has 0 bridgehead atoms. The summed E-state index contributed by atoms with van der Waals surface area (Å²) in [4.78, 5) is 4.02. The van der Waals surface area contributed by atoms with Crippen LogP contribution < -0.4 is 5.32 Å². The van der Waals surface area contributed by atoms with Crippen LogP contribution in [0.25, 0.3) is 0 Å². The van der Waals surface area contributed by atoms with Gasteiger partial charge >= 0.3 is 0 Å². The van der Waals surface area contributed by atoms with Crippen LogP contribution in [0.1, 0.15) is 44.1 Å². The first-order chi connectivity index (χ1) is 9.45. The molecule has 0 aliphatic heterocycles. The Bertz CT molecular complexity index is 325. The van der Waals surface area contributed by atoms with E-state index < -0.39 is 0 Å². The zero-order valence-corrected chi connectivity index (χ0v) is 11.8. The molecule has 0 spiro atoms. The van der Waals surface area contributed by atoms with Crippen molar-refractivity contribution in [3.63, 3.8) is 0 Å². The van der Waals surface area contributed by atoms with E-state index in [0.29, 0.717) is 0 Å². The SMILES string of the molecule is c1cc(CCCOCCCCCNC2CC2)ccn1. The number of nitrogens with one attached hydrogen (secondary N) is 1. The number of hydrogen-bond acceptors (Lipinski definition) is 3. The van der Waals surface area contributed by atoms with Crippen molar-refractivity contribution in [2.45, 2.75) is 51.0 Å². The Kier molecular flexibility index (Phi) is 6.90. The quantitative estimate of drug-likeness (QED) is 0.623. The first-order valence-corrected chi connectivity index (χ1v) is 7.65. The summed E-state index contributed by atoms with van der Waals surface area (Å²) in [6, 6.07) is 5.00. The molecule has 1 heterocycles. The van der Waals surface area contributed by atoms with E-state index in [0.717, 1.165) is 32.1 Å². The molecular formula is C16H26N2O. The predicted octanol–water partition coefficient (Wildman–Crippen LogP) is 2.95. The summed E-state index contributed by atoms with van der Waals surface area (Å²) in [6.45, 7) is 2.98. The molecule has 3 nitrogen and oxygen atoms in total. The van der Waals surface area contributed by atoms with Crippen LogP contribution in [0.15, 0.2) is 24.5 Å². The van der Waals surface area contributed by atoms with E-state index >= 15 is 0 Å². The number of nitrogens with zero attached hydrogens (tertiary/aromatic N) is 1. The predicted molar refractivity (Wildman–Crippen MR) is 78.3 cm³/mol. The molecule has 1 N–H and O–H groups in total. The van der Waals surface area contributed by atoms with E-state index in [-0.39, 0.29) is 0 Å². The zero-order valence-electron chi connectivity index (χ0n) is 11.8. The Morgan fingerprint density at radius 1 is 1.05 bits per heavy atom. The van der Waals surface area contributed by atoms with Crippen molar-refractivity contribution in [1.29, 1.82) is 0 Å². The van der Waals surface area contributed by atoms with Gasteiger partial charge in [-0.25, -0.2) is 0 Å². The van der Waals surface area contributed by atoms with Crippen molar-refractivity contribution in [3.05, 3.63) is 30.1 Å². The van der Waals surface area contributed by atoms with E-state index in [2.05, 4.69) is 22.4 Å². The van der Waals surface area contributed by atoms with Crippen LogP contribution in [-0.2, 0) is 11.2 Å². The standard InChI is InChI=1S/C16H26N2O/c1(2-10-18-16-6-7-16)3-13-19-14-4-5-15-8-11-17-12-9-15/h8-9,11-12,16,18H,1-7,10,13-14H2. The van der Waals surface area contributed by atoms with Crippen molar-refractivity contribution in [3.8, 4) is 0 Å². The van der Waals surface area contributed by atoms with Gasteiger partial charge in [0.15, 0.2) is 0 Å². The van der Waals surface area contributed by atoms with E-state index in [9.17, 15) is 0 Å². The first-order valence-electron chi connectivity index (χ1n) is 7.65. The van der Waals surface area contributed by atoms with Crippen LogP contribution in [0, 0.1) is 0 Å². The summed E-state index contributed by atoms with van der Waals surface area (Å²) in [5, 5.41) is 3.54. The number of unbranched alkanes of at least 4 members (excludes halogenated alkanes) is 2. The van der Waals surface area contributed by atoms with Gasteiger partial charge in [0, 0.05) is 31.6 Å². The number of aromatic nitrogens is 1. The Hall–Kier alpha value is -0.930. The molecule has 0 radical (unpaired) electrons. The van der Waals surface area contributed by atoms with Gasteiger partial charge in [-0.3, -0.25) is 4.98 Å². The summed E-state index contributed by atoms with van der Waals surface area (Å²) < 4.78 is 5.66. The minimum atomic E-state index is 0.851. The summed E-state index contributed by atoms with van der Waals surface area (Å²) in [5.41, 5.74) is 1.35. The number of aryl methyl sites for hydroxylation is 1. The molecule has 1 aliphatic rings. The molecule has 1 saturated carbocycles. The summed E-state index contributed by atoms with van der Waals surface area (Å²) in [7, 11) is 0. The first kappa shape index (κ1) is 14.5. The van der Waals surface area contributed by atoms with Gasteiger partial charge in [-0.2, -0.15) is 0 Å². The third kappa shape index (κ3) is 7.28. The van der Waals surface area contributed by atoms with E-state index in [1.54, 1.807) is 0 Å². The lowest BCUT2D eigenvalue weighted by Crippen LogP contribution is -2.17. The third-order valence-corrected chi connectivity index (χ3v) is 3.48. The summed E-state index contributed by atoms with van der Waals surface area (Å²) in [5.74, 6) is 0. The Balaban J connectivity index is 1.32. The van der Waals surface area contributed by atoms with E-state index in [4.69, 9.17) is 4.74 Å². The maximum Gasteiger partial charge on any atom is 0.0469 e. The highest BCUT2D eigenvalue weighted by molar-refractivity contribution is 5.09. The minimum Gasteiger partial charge on any atom is -0.381 e. The van der Waals surface area contributed by atoms with Gasteiger partial charge in [0.1, 0.15) is 0 Å². The van der Waals surface area contributed by atoms with Crippen LogP contribution in [0.4, 0.5) is 0 Å². The molecule has 0 unspecified atom stereocenters. The fourth-order valence-electron chi connectivity index (χ4n) is 2.13. The fourth-order valence-corrected chi connectivity index (χ4v) is 2.13. The average molecular weight is 262 g/mol. The van der Waals surface area contributed by atoms with Gasteiger partial charge < -0.3 is 10.1 Å². The number of pyridine rings is 1. The van der Waals surface area contributed by atoms with Crippen molar-refractivity contribution in [2.24, 2.45) is 0 Å². The maximum atomic E-state index is 5.66. The molecule has 0 amide bonds. The Morgan fingerprint density at radius 3 is 2.63 bits per heavy atom. The van der Waals surface area contributed by atoms with E-state index in [1.165, 1.54) is 44.2 Å². The highest BCUT2D eigenvalue weighted by Crippen LogP contribution is 2.18. The molecule has 2 rings (SSSR count). The van der Waals surface area contributed by atoms with E-state index in [1.807, 2.05) is 12.4 Å². The molecule has 106 valence electrons. The largest absolute Gasteiger partial charge is 0.381 e. The number of rotatable bonds is 11. The molecular weight excluding hydrogens is 236 g/mol. The van der Waals surface area contributed by atoms with Crippen molar-refractivity contribution in [2.75, 3.05) is 19.8 Å². The lowest BCUT2D eigenvalue weighted by atomic mass is 10.1. The van der Waals surface area contributed by atoms with Crippen LogP contribution in [0.3, 0.4) is 0 Å². The fraction of sp³-hybridized carbons (Fsp3) is 0.688. The smallest absolute Gasteiger partial charge is 0.0469 e. The molecule has 3 heteroatoms. The summed E-state index contributed by atoms with van der Waals surface area (Å²) in [6.07, 6.45) is 12.4. The molecule has 0 saturated heterocycles. The van der Waals surface area contributed by atoms with Gasteiger partial charge in [-0.15, -0.1) is 0 Å². The maximum absolute atomic E-state index is 5.66. The Morgan fingerprint density at radius 2 is 1.84 bits per heavy atom. The molecule has 1 aromatic rings. The second-order valence-corrected chi connectivity index (χ2v) is 5.36. The van der Waals surface area contributed by atoms with Crippen molar-refractivity contribution >= 4 is 0 Å². The lowest BCUT2D eigenvalue weighted by molar-refractivity contribution is 0.128. The normalized spacial score (nSPS) is 14.7. The van der Waals surface area contributed by atoms with Crippen LogP contribution in [-0.4, -0.2) is 30.8 Å². The molecule has 1 aromatic heterocycles. The van der Waals surface area contributed by atoms with Gasteiger partial charge in [0.05, 0.1) is 0 Å². The van der Waals surface area contributed by atoms with Crippen LogP contribution >= 0.6 is 0 Å². The number of ether oxygens (including phenoxy) is 1. The highest BCUT2D eigenvalue weighted by atomic mass is 16.5. The minimum absolute atomic E-state index is 0.851. The third-order valence-electron chi connectivity index (χ3n) is 3.48. The van der Waals surface area contributed by atoms with Crippen molar-refractivity contribution in [1.82, 2.24) is 10.3 Å². The highest BCUT2D eigenvalue weighted by Gasteiger charge is 2.19. The van der Waals surface area contributed by atoms with Crippen LogP contribution in [0.5, 0.6) is 0 Å². The van der Waals surface area contributed by atoms with Gasteiger partial charge in [0.2, 0.25) is 0 Å². The topological polar surface area (TPSA) is 34.1 Å². The molecule has 0 aromatic carbocycles. The van der Waals surface area contributed by atoms with Gasteiger partial charge in [-0.05, 0) is 69.2 Å². The number of hydrogen-bond donors (Lipinski definition) is 1. The molecule has 1 fully saturated rings. The second kappa shape index (κ2) is 9.05. The zero-order chi connectivity index (χ0) is 13.2. The molecule has 0 atom stereocenters. The molecule has 19 heavy (non-hydrogen) atoms. The average Bonchev–Trinajstić information content (AvgIpc) is 3.26.